The summed E-state index contributed by atoms with van der Waals surface area (Å²) in [6.45, 7) is 5.10. The topological polar surface area (TPSA) is 41.1 Å². The van der Waals surface area contributed by atoms with Crippen LogP contribution in [0.2, 0.25) is 0 Å². The molecule has 0 aromatic carbocycles. The van der Waals surface area contributed by atoms with Gasteiger partial charge in [0, 0.05) is 12.1 Å². The smallest absolute Gasteiger partial charge is 0.234 e. The molecule has 2 aliphatic carbocycles. The summed E-state index contributed by atoms with van der Waals surface area (Å²) in [7, 11) is 0. The fourth-order valence-electron chi connectivity index (χ4n) is 3.71. The van der Waals surface area contributed by atoms with Crippen molar-refractivity contribution in [3.63, 3.8) is 0 Å². The normalized spacial score (nSPS) is 33.6. The monoisotopic (exact) mass is 252 g/mol. The summed E-state index contributed by atoms with van der Waals surface area (Å²) in [5.41, 5.74) is 0. The first kappa shape index (κ1) is 13.9. The zero-order valence-corrected chi connectivity index (χ0v) is 11.9. The predicted octanol–water partition coefficient (Wildman–Crippen LogP) is 2.46. The Morgan fingerprint density at radius 3 is 2.22 bits per heavy atom. The van der Waals surface area contributed by atoms with E-state index in [0.29, 0.717) is 18.6 Å². The minimum atomic E-state index is 0.188. The van der Waals surface area contributed by atoms with Gasteiger partial charge in [-0.2, -0.15) is 0 Å². The van der Waals surface area contributed by atoms with E-state index in [1.807, 2.05) is 0 Å². The molecule has 2 aliphatic rings. The lowest BCUT2D eigenvalue weighted by molar-refractivity contribution is -0.121. The molecule has 2 N–H and O–H groups in total. The van der Waals surface area contributed by atoms with Crippen molar-refractivity contribution in [1.82, 2.24) is 10.6 Å². The standard InChI is InChI=1S/C15H28N2O/c1-11-7-12(2)9-14(8-11)17-15(18)10-16-13-5-3-4-6-13/h11-14,16H,3-10H2,1-2H3,(H,17,18). The zero-order chi connectivity index (χ0) is 13.0. The number of rotatable bonds is 4. The Hall–Kier alpha value is -0.570. The van der Waals surface area contributed by atoms with Gasteiger partial charge in [-0.05, 0) is 43.9 Å². The fourth-order valence-corrected chi connectivity index (χ4v) is 3.71. The van der Waals surface area contributed by atoms with E-state index < -0.39 is 0 Å². The molecule has 0 bridgehead atoms. The number of hydrogen-bond donors (Lipinski definition) is 2. The molecule has 3 nitrogen and oxygen atoms in total. The van der Waals surface area contributed by atoms with E-state index in [-0.39, 0.29) is 5.91 Å². The molecule has 0 aliphatic heterocycles. The number of hydrogen-bond acceptors (Lipinski definition) is 2. The van der Waals surface area contributed by atoms with Crippen molar-refractivity contribution in [2.45, 2.75) is 70.9 Å². The highest BCUT2D eigenvalue weighted by molar-refractivity contribution is 5.78. The highest BCUT2D eigenvalue weighted by atomic mass is 16.1. The third kappa shape index (κ3) is 4.27. The van der Waals surface area contributed by atoms with Gasteiger partial charge in [-0.25, -0.2) is 0 Å². The average molecular weight is 252 g/mol. The summed E-state index contributed by atoms with van der Waals surface area (Å²) in [6.07, 6.45) is 8.73. The van der Waals surface area contributed by atoms with Crippen LogP contribution in [-0.4, -0.2) is 24.5 Å². The minimum Gasteiger partial charge on any atom is -0.352 e. The van der Waals surface area contributed by atoms with Crippen LogP contribution in [0.5, 0.6) is 0 Å². The van der Waals surface area contributed by atoms with E-state index in [9.17, 15) is 4.79 Å². The quantitative estimate of drug-likeness (QED) is 0.807. The third-order valence-corrected chi connectivity index (χ3v) is 4.45. The lowest BCUT2D eigenvalue weighted by Crippen LogP contribution is -2.45. The summed E-state index contributed by atoms with van der Waals surface area (Å²) in [4.78, 5) is 11.9. The molecular formula is C15H28N2O. The SMILES string of the molecule is CC1CC(C)CC(NC(=O)CNC2CCCC2)C1. The summed E-state index contributed by atoms with van der Waals surface area (Å²) in [5, 5.41) is 6.58. The lowest BCUT2D eigenvalue weighted by Gasteiger charge is -2.32. The van der Waals surface area contributed by atoms with Gasteiger partial charge in [0.2, 0.25) is 5.91 Å². The van der Waals surface area contributed by atoms with Crippen LogP contribution in [0.25, 0.3) is 0 Å². The van der Waals surface area contributed by atoms with Gasteiger partial charge in [0.25, 0.3) is 0 Å². The molecule has 3 heteroatoms. The highest BCUT2D eigenvalue weighted by Gasteiger charge is 2.25. The Morgan fingerprint density at radius 1 is 1.00 bits per heavy atom. The highest BCUT2D eigenvalue weighted by Crippen LogP contribution is 2.28. The van der Waals surface area contributed by atoms with Gasteiger partial charge in [0.15, 0.2) is 0 Å². The van der Waals surface area contributed by atoms with E-state index in [4.69, 9.17) is 0 Å². The molecule has 2 unspecified atom stereocenters. The van der Waals surface area contributed by atoms with Gasteiger partial charge in [0.05, 0.1) is 6.54 Å². The molecule has 0 saturated heterocycles. The second-order valence-electron chi connectivity index (χ2n) is 6.54. The molecule has 0 aromatic rings. The first-order valence-corrected chi connectivity index (χ1v) is 7.66. The van der Waals surface area contributed by atoms with E-state index in [2.05, 4.69) is 24.5 Å². The van der Waals surface area contributed by atoms with Crippen LogP contribution < -0.4 is 10.6 Å². The molecule has 104 valence electrons. The first-order valence-electron chi connectivity index (χ1n) is 7.66. The van der Waals surface area contributed by atoms with E-state index in [1.165, 1.54) is 32.1 Å². The van der Waals surface area contributed by atoms with Crippen LogP contribution >= 0.6 is 0 Å². The maximum Gasteiger partial charge on any atom is 0.234 e. The maximum absolute atomic E-state index is 11.9. The number of amides is 1. The van der Waals surface area contributed by atoms with Gasteiger partial charge in [-0.3, -0.25) is 4.79 Å². The van der Waals surface area contributed by atoms with E-state index >= 15 is 0 Å². The largest absolute Gasteiger partial charge is 0.352 e. The molecule has 0 radical (unpaired) electrons. The molecule has 18 heavy (non-hydrogen) atoms. The second kappa shape index (κ2) is 6.55. The molecule has 2 fully saturated rings. The summed E-state index contributed by atoms with van der Waals surface area (Å²) in [5.74, 6) is 1.69. The summed E-state index contributed by atoms with van der Waals surface area (Å²) >= 11 is 0. The van der Waals surface area contributed by atoms with Crippen molar-refractivity contribution >= 4 is 5.91 Å². The van der Waals surface area contributed by atoms with E-state index in [1.54, 1.807) is 0 Å². The van der Waals surface area contributed by atoms with Crippen molar-refractivity contribution in [2.75, 3.05) is 6.54 Å². The zero-order valence-electron chi connectivity index (χ0n) is 11.9. The van der Waals surface area contributed by atoms with Crippen molar-refractivity contribution in [1.29, 1.82) is 0 Å². The van der Waals surface area contributed by atoms with Crippen LogP contribution in [0, 0.1) is 11.8 Å². The third-order valence-electron chi connectivity index (χ3n) is 4.45. The van der Waals surface area contributed by atoms with Gasteiger partial charge < -0.3 is 10.6 Å². The van der Waals surface area contributed by atoms with Crippen molar-refractivity contribution < 1.29 is 4.79 Å². The Labute approximate surface area is 111 Å². The van der Waals surface area contributed by atoms with Crippen LogP contribution in [-0.2, 0) is 4.79 Å². The molecule has 0 spiro atoms. The van der Waals surface area contributed by atoms with Gasteiger partial charge >= 0.3 is 0 Å². The number of carbonyl (C=O) groups is 1. The molecule has 2 rings (SSSR count). The first-order chi connectivity index (χ1) is 8.63. The Kier molecular flexibility index (Phi) is 5.04. The summed E-state index contributed by atoms with van der Waals surface area (Å²) in [6, 6.07) is 0.988. The molecule has 1 amide bonds. The van der Waals surface area contributed by atoms with Crippen LogP contribution in [0.1, 0.15) is 58.8 Å². The fraction of sp³-hybridized carbons (Fsp3) is 0.933. The molecule has 2 atom stereocenters. The average Bonchev–Trinajstić information content (AvgIpc) is 2.77. The Bertz CT molecular complexity index is 264. The number of nitrogens with one attached hydrogen (secondary N) is 2. The van der Waals surface area contributed by atoms with E-state index in [0.717, 1.165) is 24.7 Å². The number of carbonyl (C=O) groups excluding carboxylic acids is 1. The van der Waals surface area contributed by atoms with Crippen LogP contribution in [0.15, 0.2) is 0 Å². The van der Waals surface area contributed by atoms with Crippen molar-refractivity contribution in [2.24, 2.45) is 11.8 Å². The van der Waals surface area contributed by atoms with Gasteiger partial charge in [-0.1, -0.05) is 26.7 Å². The Morgan fingerprint density at radius 2 is 1.61 bits per heavy atom. The van der Waals surface area contributed by atoms with Gasteiger partial charge in [-0.15, -0.1) is 0 Å². The van der Waals surface area contributed by atoms with Crippen LogP contribution in [0.4, 0.5) is 0 Å². The van der Waals surface area contributed by atoms with Gasteiger partial charge in [0.1, 0.15) is 0 Å². The maximum atomic E-state index is 11.9. The molecular weight excluding hydrogens is 224 g/mol. The Balaban J connectivity index is 1.66. The molecule has 0 aromatic heterocycles. The molecule has 0 heterocycles. The predicted molar refractivity (Wildman–Crippen MR) is 74.4 cm³/mol. The van der Waals surface area contributed by atoms with Crippen LogP contribution in [0.3, 0.4) is 0 Å². The molecule has 2 saturated carbocycles. The second-order valence-corrected chi connectivity index (χ2v) is 6.54. The van der Waals surface area contributed by atoms with Crippen molar-refractivity contribution in [3.8, 4) is 0 Å². The lowest BCUT2D eigenvalue weighted by atomic mass is 9.80. The van der Waals surface area contributed by atoms with Crippen molar-refractivity contribution in [3.05, 3.63) is 0 Å². The minimum absolute atomic E-state index is 0.188. The summed E-state index contributed by atoms with van der Waals surface area (Å²) < 4.78 is 0.